The van der Waals surface area contributed by atoms with E-state index in [0.29, 0.717) is 0 Å². The van der Waals surface area contributed by atoms with Crippen LogP contribution in [0.2, 0.25) is 0 Å². The van der Waals surface area contributed by atoms with Crippen LogP contribution >= 0.6 is 0 Å². The molecule has 0 fully saturated rings. The summed E-state index contributed by atoms with van der Waals surface area (Å²) in [6.07, 6.45) is 0. The van der Waals surface area contributed by atoms with E-state index in [9.17, 15) is 0 Å². The van der Waals surface area contributed by atoms with Crippen LogP contribution in [0.5, 0.6) is 11.5 Å². The Balaban J connectivity index is 1.05. The van der Waals surface area contributed by atoms with Crippen molar-refractivity contribution in [3.05, 3.63) is 235 Å². The molecule has 2 heterocycles. The van der Waals surface area contributed by atoms with E-state index in [0.717, 1.165) is 66.8 Å². The number of ether oxygens (including phenoxy) is 1. The van der Waals surface area contributed by atoms with Crippen LogP contribution in [0.3, 0.4) is 0 Å². The second kappa shape index (κ2) is 12.6. The minimum absolute atomic E-state index is 0.521. The highest BCUT2D eigenvalue weighted by Gasteiger charge is 2.51. The van der Waals surface area contributed by atoms with E-state index in [2.05, 4.69) is 211 Å². The highest BCUT2D eigenvalue weighted by atomic mass is 16.5. The summed E-state index contributed by atoms with van der Waals surface area (Å²) in [7, 11) is 0. The first-order chi connectivity index (χ1) is 29.8. The topological polar surface area (TPSA) is 25.6 Å². The van der Waals surface area contributed by atoms with E-state index in [4.69, 9.17) is 9.15 Å². The summed E-state index contributed by atoms with van der Waals surface area (Å²) >= 11 is 0. The number of hydrogen-bond donors (Lipinski definition) is 0. The minimum atomic E-state index is -0.521. The molecule has 0 radical (unpaired) electrons. The van der Waals surface area contributed by atoms with Crippen molar-refractivity contribution >= 4 is 60.5 Å². The fourth-order valence-electron chi connectivity index (χ4n) is 10.5. The predicted molar refractivity (Wildman–Crippen MR) is 246 cm³/mol. The van der Waals surface area contributed by atoms with Gasteiger partial charge in [0.25, 0.3) is 0 Å². The molecule has 0 atom stereocenters. The summed E-state index contributed by atoms with van der Waals surface area (Å²) in [5, 5.41) is 6.79. The number of benzene rings is 10. The van der Waals surface area contributed by atoms with Gasteiger partial charge in [-0.3, -0.25) is 0 Å². The van der Waals surface area contributed by atoms with E-state index < -0.39 is 5.41 Å². The van der Waals surface area contributed by atoms with Crippen molar-refractivity contribution in [1.82, 2.24) is 0 Å². The van der Waals surface area contributed by atoms with Gasteiger partial charge in [0.05, 0.1) is 22.2 Å². The molecule has 11 aromatic rings. The fraction of sp³-hybridized carbons (Fsp3) is 0.0175. The van der Waals surface area contributed by atoms with Gasteiger partial charge in [0.15, 0.2) is 0 Å². The summed E-state index contributed by atoms with van der Waals surface area (Å²) in [4.78, 5) is 2.43. The molecule has 10 aromatic carbocycles. The summed E-state index contributed by atoms with van der Waals surface area (Å²) in [6.45, 7) is 0. The van der Waals surface area contributed by atoms with Crippen LogP contribution in [0, 0.1) is 0 Å². The molecule has 0 bridgehead atoms. The number of furan rings is 1. The van der Waals surface area contributed by atoms with Gasteiger partial charge >= 0.3 is 0 Å². The van der Waals surface area contributed by atoms with Crippen molar-refractivity contribution in [3.63, 3.8) is 0 Å². The van der Waals surface area contributed by atoms with Crippen LogP contribution in [-0.2, 0) is 5.41 Å². The summed E-state index contributed by atoms with van der Waals surface area (Å²) in [5.41, 5.74) is 14.3. The molecule has 1 spiro atoms. The van der Waals surface area contributed by atoms with Gasteiger partial charge in [0.2, 0.25) is 0 Å². The smallest absolute Gasteiger partial charge is 0.145 e. The molecule has 0 saturated heterocycles. The van der Waals surface area contributed by atoms with Gasteiger partial charge in [0.1, 0.15) is 22.7 Å². The normalized spacial score (nSPS) is 13.3. The standard InChI is InChI=1S/C57H35NO2/c1-3-18-40-36(15-1)17-13-27-49(40)58(50-35-38-16-2-4-19-42(38)56-55(50)44-21-6-10-28-51(44)60-56)39-33-31-37(32-34-39)41-22-14-26-48-54(41)43-20-5-7-23-45(43)57(48)46-24-8-11-29-52(46)59-53-30-12-9-25-47(53)57/h1-35H. The van der Waals surface area contributed by atoms with Crippen LogP contribution in [0.15, 0.2) is 217 Å². The number of rotatable bonds is 4. The van der Waals surface area contributed by atoms with Crippen LogP contribution in [0.25, 0.3) is 65.7 Å². The van der Waals surface area contributed by atoms with Gasteiger partial charge in [-0.2, -0.15) is 0 Å². The Labute approximate surface area is 347 Å². The molecule has 3 heteroatoms. The summed E-state index contributed by atoms with van der Waals surface area (Å²) in [5.74, 6) is 1.80. The quantitative estimate of drug-likeness (QED) is 0.178. The number of nitrogens with zero attached hydrogens (tertiary/aromatic N) is 1. The number of hydrogen-bond acceptors (Lipinski definition) is 3. The van der Waals surface area contributed by atoms with E-state index in [1.165, 1.54) is 49.7 Å². The molecule has 60 heavy (non-hydrogen) atoms. The van der Waals surface area contributed by atoms with Gasteiger partial charge < -0.3 is 14.1 Å². The fourth-order valence-corrected chi connectivity index (χ4v) is 10.5. The third kappa shape index (κ3) is 4.49. The largest absolute Gasteiger partial charge is 0.457 e. The van der Waals surface area contributed by atoms with Gasteiger partial charge in [-0.25, -0.2) is 0 Å². The lowest BCUT2D eigenvalue weighted by Gasteiger charge is -2.39. The van der Waals surface area contributed by atoms with E-state index >= 15 is 0 Å². The van der Waals surface area contributed by atoms with Crippen molar-refractivity contribution in [2.24, 2.45) is 0 Å². The van der Waals surface area contributed by atoms with Crippen molar-refractivity contribution in [2.45, 2.75) is 5.41 Å². The van der Waals surface area contributed by atoms with Gasteiger partial charge in [-0.1, -0.05) is 170 Å². The zero-order valence-corrected chi connectivity index (χ0v) is 32.5. The Kier molecular flexibility index (Phi) is 6.93. The molecule has 0 N–H and O–H groups in total. The van der Waals surface area contributed by atoms with Crippen molar-refractivity contribution < 1.29 is 9.15 Å². The molecule has 3 nitrogen and oxygen atoms in total. The lowest BCUT2D eigenvalue weighted by atomic mass is 9.66. The number of fused-ring (bicyclic) bond motifs is 15. The van der Waals surface area contributed by atoms with Crippen LogP contribution < -0.4 is 9.64 Å². The van der Waals surface area contributed by atoms with Crippen molar-refractivity contribution in [2.75, 3.05) is 4.90 Å². The second-order valence-corrected chi connectivity index (χ2v) is 15.9. The average Bonchev–Trinajstić information content (AvgIpc) is 3.85. The van der Waals surface area contributed by atoms with Crippen molar-refractivity contribution in [1.29, 1.82) is 0 Å². The Morgan fingerprint density at radius 3 is 1.78 bits per heavy atom. The van der Waals surface area contributed by atoms with Crippen molar-refractivity contribution in [3.8, 4) is 33.8 Å². The molecule has 13 rings (SSSR count). The Morgan fingerprint density at radius 2 is 0.983 bits per heavy atom. The van der Waals surface area contributed by atoms with Crippen LogP contribution in [0.4, 0.5) is 17.1 Å². The molecule has 280 valence electrons. The molecule has 1 aliphatic heterocycles. The van der Waals surface area contributed by atoms with E-state index in [1.54, 1.807) is 0 Å². The third-order valence-electron chi connectivity index (χ3n) is 12.9. The van der Waals surface area contributed by atoms with Gasteiger partial charge in [-0.15, -0.1) is 0 Å². The maximum atomic E-state index is 6.72. The molecule has 1 aromatic heterocycles. The maximum absolute atomic E-state index is 6.72. The minimum Gasteiger partial charge on any atom is -0.457 e. The molecular formula is C57H35NO2. The lowest BCUT2D eigenvalue weighted by molar-refractivity contribution is 0.436. The van der Waals surface area contributed by atoms with Crippen LogP contribution in [-0.4, -0.2) is 0 Å². The Hall–Kier alpha value is -7.88. The monoisotopic (exact) mass is 765 g/mol. The molecule has 1 aliphatic carbocycles. The summed E-state index contributed by atoms with van der Waals surface area (Å²) < 4.78 is 13.3. The van der Waals surface area contributed by atoms with Gasteiger partial charge in [0, 0.05) is 33.0 Å². The molecule has 0 unspecified atom stereocenters. The number of anilines is 3. The zero-order valence-electron chi connectivity index (χ0n) is 32.5. The SMILES string of the molecule is c1ccc2c(c1)Oc1ccccc1C21c2ccccc2-c2c(-c3ccc(N(c4cccc5ccccc45)c4cc5ccccc5c5oc6ccccc6c45)cc3)cccc21. The second-order valence-electron chi connectivity index (χ2n) is 15.9. The maximum Gasteiger partial charge on any atom is 0.145 e. The van der Waals surface area contributed by atoms with Crippen LogP contribution in [0.1, 0.15) is 22.3 Å². The molecule has 0 saturated carbocycles. The van der Waals surface area contributed by atoms with Gasteiger partial charge in [-0.05, 0) is 86.6 Å². The lowest BCUT2D eigenvalue weighted by Crippen LogP contribution is -2.32. The average molecular weight is 766 g/mol. The molecule has 2 aliphatic rings. The van der Waals surface area contributed by atoms with E-state index in [-0.39, 0.29) is 0 Å². The first kappa shape index (κ1) is 33.1. The Bertz CT molecular complexity index is 3490. The zero-order chi connectivity index (χ0) is 39.4. The first-order valence-corrected chi connectivity index (χ1v) is 20.6. The Morgan fingerprint density at radius 1 is 0.400 bits per heavy atom. The van der Waals surface area contributed by atoms with E-state index in [1.807, 2.05) is 6.07 Å². The highest BCUT2D eigenvalue weighted by molar-refractivity contribution is 6.22. The molecular weight excluding hydrogens is 731 g/mol. The summed E-state index contributed by atoms with van der Waals surface area (Å²) in [6, 6.07) is 76.6. The highest BCUT2D eigenvalue weighted by Crippen LogP contribution is 2.63. The first-order valence-electron chi connectivity index (χ1n) is 20.6. The molecule has 0 amide bonds. The number of para-hydroxylation sites is 3. The third-order valence-corrected chi connectivity index (χ3v) is 12.9. The predicted octanol–water partition coefficient (Wildman–Crippen LogP) is 15.5.